The maximum Gasteiger partial charge on any atom is 0.263 e. The van der Waals surface area contributed by atoms with Crippen LogP contribution in [0, 0.1) is 0 Å². The van der Waals surface area contributed by atoms with Crippen molar-refractivity contribution in [2.45, 2.75) is 19.0 Å². The SMILES string of the molecule is CN(C)C(CNCc1cccc(C(F)F)c1)c1ccco1. The molecule has 0 saturated heterocycles. The molecule has 114 valence electrons. The third kappa shape index (κ3) is 4.37. The van der Waals surface area contributed by atoms with Crippen LogP contribution in [0.4, 0.5) is 8.78 Å². The molecule has 0 saturated carbocycles. The van der Waals surface area contributed by atoms with E-state index in [2.05, 4.69) is 10.2 Å². The van der Waals surface area contributed by atoms with Gasteiger partial charge >= 0.3 is 0 Å². The number of likely N-dealkylation sites (N-methyl/N-ethyl adjacent to an activating group) is 1. The number of halogens is 2. The summed E-state index contributed by atoms with van der Waals surface area (Å²) in [4.78, 5) is 2.06. The van der Waals surface area contributed by atoms with Gasteiger partial charge < -0.3 is 9.73 Å². The van der Waals surface area contributed by atoms with E-state index in [1.54, 1.807) is 12.3 Å². The molecule has 2 rings (SSSR count). The van der Waals surface area contributed by atoms with Crippen LogP contribution in [-0.2, 0) is 6.54 Å². The van der Waals surface area contributed by atoms with E-state index in [4.69, 9.17) is 4.42 Å². The van der Waals surface area contributed by atoms with Crippen molar-refractivity contribution in [2.24, 2.45) is 0 Å². The number of alkyl halides is 2. The number of benzene rings is 1. The zero-order valence-electron chi connectivity index (χ0n) is 12.2. The molecule has 0 fully saturated rings. The number of nitrogens with one attached hydrogen (secondary N) is 1. The van der Waals surface area contributed by atoms with Gasteiger partial charge in [0.15, 0.2) is 0 Å². The molecular weight excluding hydrogens is 274 g/mol. The van der Waals surface area contributed by atoms with Crippen molar-refractivity contribution >= 4 is 0 Å². The Bertz CT molecular complexity index is 541. The van der Waals surface area contributed by atoms with Crippen LogP contribution in [-0.4, -0.2) is 25.5 Å². The van der Waals surface area contributed by atoms with Gasteiger partial charge in [-0.2, -0.15) is 0 Å². The molecule has 2 aromatic rings. The lowest BCUT2D eigenvalue weighted by Crippen LogP contribution is -2.30. The first-order valence-electron chi connectivity index (χ1n) is 6.85. The number of hydrogen-bond acceptors (Lipinski definition) is 3. The lowest BCUT2D eigenvalue weighted by Gasteiger charge is -2.22. The standard InChI is InChI=1S/C16H20F2N2O/c1-20(2)14(15-7-4-8-21-15)11-19-10-12-5-3-6-13(9-12)16(17)18/h3-9,14,16,19H,10-11H2,1-2H3. The molecule has 1 aromatic heterocycles. The highest BCUT2D eigenvalue weighted by Gasteiger charge is 2.16. The third-order valence-electron chi connectivity index (χ3n) is 3.36. The average Bonchev–Trinajstić information content (AvgIpc) is 2.97. The van der Waals surface area contributed by atoms with Crippen LogP contribution in [0.15, 0.2) is 47.1 Å². The molecule has 0 radical (unpaired) electrons. The summed E-state index contributed by atoms with van der Waals surface area (Å²) >= 11 is 0. The Kier molecular flexibility index (Phi) is 5.47. The smallest absolute Gasteiger partial charge is 0.263 e. The fourth-order valence-electron chi connectivity index (χ4n) is 2.21. The highest BCUT2D eigenvalue weighted by molar-refractivity contribution is 5.24. The van der Waals surface area contributed by atoms with Crippen molar-refractivity contribution in [1.29, 1.82) is 0 Å². The topological polar surface area (TPSA) is 28.4 Å². The molecule has 5 heteroatoms. The summed E-state index contributed by atoms with van der Waals surface area (Å²) in [7, 11) is 3.96. The Balaban J connectivity index is 1.92. The highest BCUT2D eigenvalue weighted by atomic mass is 19.3. The highest BCUT2D eigenvalue weighted by Crippen LogP contribution is 2.20. The van der Waals surface area contributed by atoms with Gasteiger partial charge in [0, 0.05) is 18.7 Å². The first-order valence-corrected chi connectivity index (χ1v) is 6.85. The minimum absolute atomic E-state index is 0.0597. The van der Waals surface area contributed by atoms with Gasteiger partial charge in [0.1, 0.15) is 5.76 Å². The van der Waals surface area contributed by atoms with Gasteiger partial charge in [-0.25, -0.2) is 8.78 Å². The van der Waals surface area contributed by atoms with Crippen LogP contribution in [0.5, 0.6) is 0 Å². The zero-order chi connectivity index (χ0) is 15.2. The van der Waals surface area contributed by atoms with Crippen molar-refractivity contribution in [3.8, 4) is 0 Å². The van der Waals surface area contributed by atoms with Gasteiger partial charge in [0.05, 0.1) is 12.3 Å². The van der Waals surface area contributed by atoms with Crippen LogP contribution in [0.25, 0.3) is 0 Å². The summed E-state index contributed by atoms with van der Waals surface area (Å²) < 4.78 is 30.7. The number of rotatable bonds is 7. The maximum absolute atomic E-state index is 12.6. The van der Waals surface area contributed by atoms with Gasteiger partial charge in [-0.3, -0.25) is 4.90 Å². The Labute approximate surface area is 123 Å². The van der Waals surface area contributed by atoms with Gasteiger partial charge in [-0.1, -0.05) is 18.2 Å². The second-order valence-electron chi connectivity index (χ2n) is 5.17. The van der Waals surface area contributed by atoms with Gasteiger partial charge in [0.2, 0.25) is 0 Å². The Hall–Kier alpha value is -1.72. The van der Waals surface area contributed by atoms with Crippen LogP contribution in [0.3, 0.4) is 0 Å². The van der Waals surface area contributed by atoms with E-state index in [1.807, 2.05) is 32.3 Å². The molecule has 1 N–H and O–H groups in total. The van der Waals surface area contributed by atoms with Crippen molar-refractivity contribution in [2.75, 3.05) is 20.6 Å². The summed E-state index contributed by atoms with van der Waals surface area (Å²) in [6.07, 6.45) is -0.777. The second-order valence-corrected chi connectivity index (χ2v) is 5.17. The van der Waals surface area contributed by atoms with E-state index in [1.165, 1.54) is 12.1 Å². The molecular formula is C16H20F2N2O. The minimum Gasteiger partial charge on any atom is -0.468 e. The van der Waals surface area contributed by atoms with Crippen LogP contribution in [0.2, 0.25) is 0 Å². The quantitative estimate of drug-likeness (QED) is 0.845. The van der Waals surface area contributed by atoms with Crippen LogP contribution >= 0.6 is 0 Å². The fraction of sp³-hybridized carbons (Fsp3) is 0.375. The van der Waals surface area contributed by atoms with Crippen LogP contribution in [0.1, 0.15) is 29.4 Å². The summed E-state index contributed by atoms with van der Waals surface area (Å²) in [5, 5.41) is 3.29. The molecule has 1 unspecified atom stereocenters. The lowest BCUT2D eigenvalue weighted by molar-refractivity contribution is 0.151. The summed E-state index contributed by atoms with van der Waals surface area (Å²) in [6, 6.07) is 10.4. The maximum atomic E-state index is 12.6. The van der Waals surface area contributed by atoms with E-state index >= 15 is 0 Å². The predicted molar refractivity (Wildman–Crippen MR) is 78.2 cm³/mol. The minimum atomic E-state index is -2.43. The van der Waals surface area contributed by atoms with Crippen molar-refractivity contribution in [3.63, 3.8) is 0 Å². The number of nitrogens with zero attached hydrogens (tertiary/aromatic N) is 1. The zero-order valence-corrected chi connectivity index (χ0v) is 12.2. The number of furan rings is 1. The van der Waals surface area contributed by atoms with E-state index < -0.39 is 6.43 Å². The molecule has 21 heavy (non-hydrogen) atoms. The first kappa shape index (κ1) is 15.7. The van der Waals surface area contributed by atoms with E-state index in [-0.39, 0.29) is 11.6 Å². The van der Waals surface area contributed by atoms with Gasteiger partial charge in [-0.05, 0) is 37.9 Å². The number of hydrogen-bond donors (Lipinski definition) is 1. The van der Waals surface area contributed by atoms with Crippen molar-refractivity contribution in [3.05, 3.63) is 59.5 Å². The molecule has 0 aliphatic rings. The molecule has 1 atom stereocenters. The van der Waals surface area contributed by atoms with Crippen LogP contribution < -0.4 is 5.32 Å². The molecule has 0 spiro atoms. The van der Waals surface area contributed by atoms with Gasteiger partial charge in [-0.15, -0.1) is 0 Å². The molecule has 0 amide bonds. The summed E-state index contributed by atoms with van der Waals surface area (Å²) in [5.74, 6) is 0.883. The normalized spacial score (nSPS) is 13.0. The van der Waals surface area contributed by atoms with Crippen molar-refractivity contribution < 1.29 is 13.2 Å². The molecule has 0 aliphatic carbocycles. The first-order chi connectivity index (χ1) is 10.1. The predicted octanol–water partition coefficient (Wildman–Crippen LogP) is 3.61. The lowest BCUT2D eigenvalue weighted by atomic mass is 10.1. The van der Waals surface area contributed by atoms with E-state index in [0.29, 0.717) is 13.1 Å². The van der Waals surface area contributed by atoms with E-state index in [0.717, 1.165) is 11.3 Å². The Morgan fingerprint density at radius 2 is 2.00 bits per heavy atom. The monoisotopic (exact) mass is 294 g/mol. The molecule has 0 aliphatic heterocycles. The van der Waals surface area contributed by atoms with Gasteiger partial charge in [0.25, 0.3) is 6.43 Å². The molecule has 1 heterocycles. The van der Waals surface area contributed by atoms with E-state index in [9.17, 15) is 8.78 Å². The fourth-order valence-corrected chi connectivity index (χ4v) is 2.21. The summed E-state index contributed by atoms with van der Waals surface area (Å²) in [5.41, 5.74) is 0.911. The van der Waals surface area contributed by atoms with Crippen molar-refractivity contribution in [1.82, 2.24) is 10.2 Å². The second kappa shape index (κ2) is 7.33. The molecule has 3 nitrogen and oxygen atoms in total. The largest absolute Gasteiger partial charge is 0.468 e. The molecule has 1 aromatic carbocycles. The average molecular weight is 294 g/mol. The molecule has 0 bridgehead atoms. The Morgan fingerprint density at radius 3 is 2.62 bits per heavy atom. The summed E-state index contributed by atoms with van der Waals surface area (Å²) in [6.45, 7) is 1.23. The third-order valence-corrected chi connectivity index (χ3v) is 3.36. The Morgan fingerprint density at radius 1 is 1.19 bits per heavy atom.